The number of carbonyl (C=O) groups excluding carboxylic acids is 2. The minimum absolute atomic E-state index is 0.0672. The van der Waals surface area contributed by atoms with Gasteiger partial charge in [-0.2, -0.15) is 0 Å². The maximum absolute atomic E-state index is 12.2. The van der Waals surface area contributed by atoms with Crippen LogP contribution < -0.4 is 10.2 Å². The van der Waals surface area contributed by atoms with Gasteiger partial charge in [-0.25, -0.2) is 0 Å². The molecule has 2 aromatic rings. The van der Waals surface area contributed by atoms with E-state index in [1.807, 2.05) is 25.1 Å². The predicted octanol–water partition coefficient (Wildman–Crippen LogP) is 3.97. The number of carbonyl (C=O) groups is 2. The van der Waals surface area contributed by atoms with E-state index in [1.54, 1.807) is 24.3 Å². The number of hydrogen-bond acceptors (Lipinski definition) is 2. The topological polar surface area (TPSA) is 49.4 Å². The molecule has 126 valence electrons. The van der Waals surface area contributed by atoms with Crippen LogP contribution >= 0.6 is 23.2 Å². The molecule has 2 amide bonds. The fourth-order valence-corrected chi connectivity index (χ4v) is 2.75. The fourth-order valence-electron chi connectivity index (χ4n) is 2.32. The highest BCUT2D eigenvalue weighted by Gasteiger charge is 2.17. The molecule has 0 fully saturated rings. The first-order valence-electron chi connectivity index (χ1n) is 7.43. The molecule has 4 nitrogen and oxygen atoms in total. The lowest BCUT2D eigenvalue weighted by atomic mass is 10.1. The number of nitrogens with zero attached hydrogens (tertiary/aromatic N) is 1. The van der Waals surface area contributed by atoms with E-state index in [4.69, 9.17) is 23.2 Å². The summed E-state index contributed by atoms with van der Waals surface area (Å²) in [6.45, 7) is 3.51. The van der Waals surface area contributed by atoms with Crippen molar-refractivity contribution in [1.82, 2.24) is 5.32 Å². The molecule has 2 aromatic carbocycles. The summed E-state index contributed by atoms with van der Waals surface area (Å²) in [6, 6.07) is 12.5. The molecule has 0 spiro atoms. The summed E-state index contributed by atoms with van der Waals surface area (Å²) in [5.74, 6) is -0.479. The lowest BCUT2D eigenvalue weighted by Crippen LogP contribution is -2.40. The molecule has 0 aliphatic rings. The molecule has 1 N–H and O–H groups in total. The molecule has 0 saturated heterocycles. The Balaban J connectivity index is 2.06. The molecule has 6 heteroatoms. The molecule has 0 aromatic heterocycles. The number of anilines is 1. The molecule has 0 bridgehead atoms. The van der Waals surface area contributed by atoms with E-state index >= 15 is 0 Å². The number of hydrogen-bond donors (Lipinski definition) is 1. The Morgan fingerprint density at radius 3 is 2.46 bits per heavy atom. The predicted molar refractivity (Wildman–Crippen MR) is 97.5 cm³/mol. The Hall–Kier alpha value is -2.04. The highest BCUT2D eigenvalue weighted by Crippen LogP contribution is 2.23. The van der Waals surface area contributed by atoms with Crippen LogP contribution in [0.4, 0.5) is 5.69 Å². The van der Waals surface area contributed by atoms with Crippen LogP contribution in [0.3, 0.4) is 0 Å². The van der Waals surface area contributed by atoms with Gasteiger partial charge in [0.05, 0.1) is 0 Å². The van der Waals surface area contributed by atoms with Gasteiger partial charge in [-0.3, -0.25) is 9.59 Å². The van der Waals surface area contributed by atoms with Crippen LogP contribution in [0.1, 0.15) is 18.1 Å². The Labute approximate surface area is 151 Å². The maximum atomic E-state index is 12.2. The van der Waals surface area contributed by atoms with Crippen molar-refractivity contribution in [3.63, 3.8) is 0 Å². The van der Waals surface area contributed by atoms with E-state index < -0.39 is 0 Å². The standard InChI is InChI=1S/C18H18Cl2N2O2/c1-12-9-15(19)7-8-17(12)22(13(2)23)11-18(24)21-10-14-5-3-4-6-16(14)20/h3-9H,10-11H2,1-2H3,(H,21,24). The summed E-state index contributed by atoms with van der Waals surface area (Å²) in [5.41, 5.74) is 2.32. The zero-order valence-electron chi connectivity index (χ0n) is 13.5. The monoisotopic (exact) mass is 364 g/mol. The van der Waals surface area contributed by atoms with Gasteiger partial charge in [-0.05, 0) is 42.3 Å². The van der Waals surface area contributed by atoms with Crippen molar-refractivity contribution >= 4 is 40.7 Å². The van der Waals surface area contributed by atoms with E-state index in [9.17, 15) is 9.59 Å². The third-order valence-corrected chi connectivity index (χ3v) is 4.17. The molecule has 0 aliphatic heterocycles. The van der Waals surface area contributed by atoms with Gasteiger partial charge >= 0.3 is 0 Å². The smallest absolute Gasteiger partial charge is 0.240 e. The van der Waals surface area contributed by atoms with Gasteiger partial charge in [0.1, 0.15) is 6.54 Å². The number of amides is 2. The van der Waals surface area contributed by atoms with Crippen LogP contribution in [0.15, 0.2) is 42.5 Å². The second-order valence-electron chi connectivity index (χ2n) is 5.40. The molecule has 0 aliphatic carbocycles. The minimum atomic E-state index is -0.264. The van der Waals surface area contributed by atoms with Crippen LogP contribution in [-0.2, 0) is 16.1 Å². The first-order valence-corrected chi connectivity index (χ1v) is 8.18. The molecule has 0 saturated carbocycles. The zero-order valence-corrected chi connectivity index (χ0v) is 15.0. The van der Waals surface area contributed by atoms with Crippen molar-refractivity contribution < 1.29 is 9.59 Å². The van der Waals surface area contributed by atoms with Crippen molar-refractivity contribution in [2.45, 2.75) is 20.4 Å². The van der Waals surface area contributed by atoms with Gasteiger partial charge < -0.3 is 10.2 Å². The Kier molecular flexibility index (Phi) is 6.23. The number of aryl methyl sites for hydroxylation is 1. The minimum Gasteiger partial charge on any atom is -0.350 e. The quantitative estimate of drug-likeness (QED) is 0.872. The van der Waals surface area contributed by atoms with Crippen LogP contribution in [0, 0.1) is 6.92 Å². The Morgan fingerprint density at radius 2 is 1.83 bits per heavy atom. The molecular formula is C18H18Cl2N2O2. The largest absolute Gasteiger partial charge is 0.350 e. The lowest BCUT2D eigenvalue weighted by Gasteiger charge is -2.22. The fraction of sp³-hybridized carbons (Fsp3) is 0.222. The molecule has 0 atom stereocenters. The van der Waals surface area contributed by atoms with E-state index in [1.165, 1.54) is 11.8 Å². The Bertz CT molecular complexity index is 762. The van der Waals surface area contributed by atoms with Crippen molar-refractivity contribution in [1.29, 1.82) is 0 Å². The summed E-state index contributed by atoms with van der Waals surface area (Å²) < 4.78 is 0. The van der Waals surface area contributed by atoms with E-state index in [2.05, 4.69) is 5.32 Å². The zero-order chi connectivity index (χ0) is 17.7. The van der Waals surface area contributed by atoms with Gasteiger partial charge in [-0.15, -0.1) is 0 Å². The van der Waals surface area contributed by atoms with E-state index in [0.29, 0.717) is 22.3 Å². The number of rotatable bonds is 5. The van der Waals surface area contributed by atoms with Crippen LogP contribution in [-0.4, -0.2) is 18.4 Å². The van der Waals surface area contributed by atoms with Gasteiger partial charge in [-0.1, -0.05) is 41.4 Å². The molecule has 0 heterocycles. The maximum Gasteiger partial charge on any atom is 0.240 e. The van der Waals surface area contributed by atoms with Gasteiger partial charge in [0.25, 0.3) is 0 Å². The third kappa shape index (κ3) is 4.73. The van der Waals surface area contributed by atoms with E-state index in [0.717, 1.165) is 11.1 Å². The number of halogens is 2. The van der Waals surface area contributed by atoms with E-state index in [-0.39, 0.29) is 18.4 Å². The van der Waals surface area contributed by atoms with Crippen molar-refractivity contribution in [3.8, 4) is 0 Å². The lowest BCUT2D eigenvalue weighted by molar-refractivity contribution is -0.123. The van der Waals surface area contributed by atoms with Gasteiger partial charge in [0.15, 0.2) is 0 Å². The summed E-state index contributed by atoms with van der Waals surface area (Å²) >= 11 is 12.0. The normalized spacial score (nSPS) is 10.3. The molecule has 0 radical (unpaired) electrons. The van der Waals surface area contributed by atoms with Crippen LogP contribution in [0.5, 0.6) is 0 Å². The van der Waals surface area contributed by atoms with Crippen molar-refractivity contribution in [3.05, 3.63) is 63.6 Å². The summed E-state index contributed by atoms with van der Waals surface area (Å²) in [4.78, 5) is 25.6. The van der Waals surface area contributed by atoms with Crippen molar-refractivity contribution in [2.75, 3.05) is 11.4 Å². The second kappa shape index (κ2) is 8.18. The SMILES string of the molecule is CC(=O)N(CC(=O)NCc1ccccc1Cl)c1ccc(Cl)cc1C. The van der Waals surface area contributed by atoms with Gasteiger partial charge in [0, 0.05) is 29.2 Å². The molecular weight excluding hydrogens is 347 g/mol. The third-order valence-electron chi connectivity index (χ3n) is 3.57. The number of benzene rings is 2. The average molecular weight is 365 g/mol. The first-order chi connectivity index (χ1) is 11.4. The molecule has 24 heavy (non-hydrogen) atoms. The molecule has 0 unspecified atom stereocenters. The summed E-state index contributed by atoms with van der Waals surface area (Å²) in [5, 5.41) is 3.96. The summed E-state index contributed by atoms with van der Waals surface area (Å²) in [7, 11) is 0. The highest BCUT2D eigenvalue weighted by atomic mass is 35.5. The highest BCUT2D eigenvalue weighted by molar-refractivity contribution is 6.31. The molecule has 2 rings (SSSR count). The van der Waals surface area contributed by atoms with Crippen molar-refractivity contribution in [2.24, 2.45) is 0 Å². The van der Waals surface area contributed by atoms with Crippen LogP contribution in [0.25, 0.3) is 0 Å². The Morgan fingerprint density at radius 1 is 1.12 bits per heavy atom. The average Bonchev–Trinajstić information content (AvgIpc) is 2.52. The van der Waals surface area contributed by atoms with Gasteiger partial charge in [0.2, 0.25) is 11.8 Å². The first kappa shape index (κ1) is 18.3. The van der Waals surface area contributed by atoms with Crippen LogP contribution in [0.2, 0.25) is 10.0 Å². The number of nitrogens with one attached hydrogen (secondary N) is 1. The summed E-state index contributed by atoms with van der Waals surface area (Å²) in [6.07, 6.45) is 0. The second-order valence-corrected chi connectivity index (χ2v) is 6.25.